The fraction of sp³-hybridized carbons (Fsp3) is 0.212. The molecule has 1 aliphatic heterocycles. The number of sulfonamides is 1. The number of halogens is 4. The largest absolute Gasteiger partial charge is 0.379 e. The van der Waals surface area contributed by atoms with Gasteiger partial charge in [-0.05, 0) is 85.3 Å². The molecular formula is C33H28F4N4O4S. The van der Waals surface area contributed by atoms with Crippen molar-refractivity contribution in [2.24, 2.45) is 0 Å². The number of nitrogens with one attached hydrogen (secondary N) is 1. The number of hydrogen-bond acceptors (Lipinski definition) is 6. The Labute approximate surface area is 261 Å². The molecule has 0 bridgehead atoms. The number of rotatable bonds is 8. The Morgan fingerprint density at radius 3 is 2.22 bits per heavy atom. The van der Waals surface area contributed by atoms with Crippen molar-refractivity contribution in [3.05, 3.63) is 124 Å². The number of likely N-dealkylation sites (N-methyl/N-ethyl adjacent to an activating group) is 1. The molecule has 1 fully saturated rings. The molecule has 0 saturated carbocycles. The summed E-state index contributed by atoms with van der Waals surface area (Å²) >= 11 is 0. The number of aromatic nitrogens is 2. The van der Waals surface area contributed by atoms with E-state index in [-0.39, 0.29) is 59.9 Å². The molecule has 1 N–H and O–H groups in total. The molecular weight excluding hydrogens is 624 g/mol. The first-order valence-electron chi connectivity index (χ1n) is 14.4. The predicted molar refractivity (Wildman–Crippen MR) is 164 cm³/mol. The quantitative estimate of drug-likeness (QED) is 0.234. The molecule has 238 valence electrons. The van der Waals surface area contributed by atoms with E-state index in [0.29, 0.717) is 16.8 Å². The van der Waals surface area contributed by atoms with Crippen LogP contribution in [0.15, 0.2) is 88.6 Å². The average molecular weight is 653 g/mol. The Bertz CT molecular complexity index is 2080. The average Bonchev–Trinajstić information content (AvgIpc) is 3.03. The van der Waals surface area contributed by atoms with Crippen LogP contribution >= 0.6 is 0 Å². The molecule has 5 aromatic rings. The van der Waals surface area contributed by atoms with Crippen LogP contribution in [0, 0.1) is 23.3 Å². The molecule has 1 saturated heterocycles. The van der Waals surface area contributed by atoms with E-state index in [0.717, 1.165) is 18.2 Å². The van der Waals surface area contributed by atoms with E-state index in [1.54, 1.807) is 7.05 Å². The summed E-state index contributed by atoms with van der Waals surface area (Å²) in [4.78, 5) is 18.9. The molecule has 2 heterocycles. The molecule has 0 aliphatic carbocycles. The molecule has 1 aromatic heterocycles. The van der Waals surface area contributed by atoms with Gasteiger partial charge in [-0.25, -0.2) is 31.0 Å². The first-order chi connectivity index (χ1) is 22.0. The molecule has 1 unspecified atom stereocenters. The molecule has 6 rings (SSSR count). The zero-order valence-electron chi connectivity index (χ0n) is 24.5. The van der Waals surface area contributed by atoms with Crippen molar-refractivity contribution in [1.29, 1.82) is 0 Å². The molecule has 1 atom stereocenters. The van der Waals surface area contributed by atoms with Crippen molar-refractivity contribution in [3.8, 4) is 16.8 Å². The highest BCUT2D eigenvalue weighted by Gasteiger charge is 2.27. The highest BCUT2D eigenvalue weighted by molar-refractivity contribution is 7.89. The normalized spacial score (nSPS) is 14.9. The summed E-state index contributed by atoms with van der Waals surface area (Å²) in [6, 6.07) is 15.8. The van der Waals surface area contributed by atoms with Crippen molar-refractivity contribution in [2.75, 3.05) is 33.4 Å². The number of fused-ring (bicyclic) bond motifs is 1. The van der Waals surface area contributed by atoms with Gasteiger partial charge in [0.25, 0.3) is 5.56 Å². The first kappa shape index (κ1) is 31.5. The minimum atomic E-state index is -3.81. The minimum absolute atomic E-state index is 0.0267. The molecule has 1 aliphatic rings. The minimum Gasteiger partial charge on any atom is -0.379 e. The van der Waals surface area contributed by atoms with Crippen LogP contribution in [-0.2, 0) is 21.2 Å². The zero-order chi connectivity index (χ0) is 32.6. The van der Waals surface area contributed by atoms with Crippen LogP contribution in [0.1, 0.15) is 17.4 Å². The molecule has 0 amide bonds. The van der Waals surface area contributed by atoms with E-state index in [1.807, 2.05) is 0 Å². The zero-order valence-corrected chi connectivity index (χ0v) is 25.3. The second-order valence-corrected chi connectivity index (χ2v) is 12.7. The number of morpholine rings is 1. The number of nitrogens with zero attached hydrogens (tertiary/aromatic N) is 3. The van der Waals surface area contributed by atoms with Gasteiger partial charge in [-0.3, -0.25) is 9.36 Å². The Hall–Kier alpha value is -4.43. The lowest BCUT2D eigenvalue weighted by Crippen LogP contribution is -2.40. The third-order valence-corrected chi connectivity index (χ3v) is 9.78. The third kappa shape index (κ3) is 6.18. The predicted octanol–water partition coefficient (Wildman–Crippen LogP) is 5.13. The van der Waals surface area contributed by atoms with Crippen LogP contribution in [0.25, 0.3) is 27.7 Å². The van der Waals surface area contributed by atoms with Crippen LogP contribution in [0.2, 0.25) is 0 Å². The van der Waals surface area contributed by atoms with Crippen molar-refractivity contribution < 1.29 is 30.7 Å². The summed E-state index contributed by atoms with van der Waals surface area (Å²) in [5, 5.41) is 3.24. The number of benzene rings is 4. The van der Waals surface area contributed by atoms with Gasteiger partial charge >= 0.3 is 0 Å². The highest BCUT2D eigenvalue weighted by atomic mass is 32.2. The molecule has 13 heteroatoms. The lowest BCUT2D eigenvalue weighted by Gasteiger charge is -2.26. The highest BCUT2D eigenvalue weighted by Crippen LogP contribution is 2.28. The van der Waals surface area contributed by atoms with Crippen molar-refractivity contribution in [2.45, 2.75) is 17.4 Å². The Morgan fingerprint density at radius 1 is 0.870 bits per heavy atom. The lowest BCUT2D eigenvalue weighted by molar-refractivity contribution is 0.0730. The summed E-state index contributed by atoms with van der Waals surface area (Å²) in [6.45, 7) is 1.01. The van der Waals surface area contributed by atoms with Crippen LogP contribution in [0.3, 0.4) is 0 Å². The summed E-state index contributed by atoms with van der Waals surface area (Å²) in [5.41, 5.74) is 0.747. The van der Waals surface area contributed by atoms with E-state index >= 15 is 0 Å². The maximum Gasteiger partial charge on any atom is 0.266 e. The van der Waals surface area contributed by atoms with E-state index in [1.165, 1.54) is 69.5 Å². The number of ether oxygens (including phenoxy) is 1. The van der Waals surface area contributed by atoms with Gasteiger partial charge < -0.3 is 10.1 Å². The number of hydrogen-bond donors (Lipinski definition) is 1. The molecule has 4 aromatic carbocycles. The van der Waals surface area contributed by atoms with Crippen LogP contribution in [-0.4, -0.2) is 55.6 Å². The van der Waals surface area contributed by atoms with Gasteiger partial charge in [-0.2, -0.15) is 4.31 Å². The van der Waals surface area contributed by atoms with Crippen LogP contribution < -0.4 is 10.9 Å². The van der Waals surface area contributed by atoms with Crippen LogP contribution in [0.4, 0.5) is 17.6 Å². The van der Waals surface area contributed by atoms with Gasteiger partial charge in [0.2, 0.25) is 10.0 Å². The molecule has 0 radical (unpaired) electrons. The van der Waals surface area contributed by atoms with E-state index < -0.39 is 44.9 Å². The summed E-state index contributed by atoms with van der Waals surface area (Å²) in [7, 11) is -2.21. The Kier molecular flexibility index (Phi) is 8.75. The maximum atomic E-state index is 14.7. The van der Waals surface area contributed by atoms with E-state index in [2.05, 4.69) is 5.32 Å². The van der Waals surface area contributed by atoms with Crippen LogP contribution in [0.5, 0.6) is 0 Å². The molecule has 0 spiro atoms. The van der Waals surface area contributed by atoms with Crippen molar-refractivity contribution >= 4 is 20.9 Å². The summed E-state index contributed by atoms with van der Waals surface area (Å²) in [6.07, 6.45) is 0.0267. The van der Waals surface area contributed by atoms with Gasteiger partial charge in [0, 0.05) is 30.8 Å². The first-order valence-corrected chi connectivity index (χ1v) is 15.8. The summed E-state index contributed by atoms with van der Waals surface area (Å²) < 4.78 is 90.8. The second kappa shape index (κ2) is 12.8. The molecule has 46 heavy (non-hydrogen) atoms. The van der Waals surface area contributed by atoms with E-state index in [9.17, 15) is 30.8 Å². The maximum absolute atomic E-state index is 14.7. The van der Waals surface area contributed by atoms with Gasteiger partial charge in [0.05, 0.1) is 40.7 Å². The summed E-state index contributed by atoms with van der Waals surface area (Å²) in [5.74, 6) is -2.90. The Morgan fingerprint density at radius 2 is 1.57 bits per heavy atom. The SMILES string of the molecule is CNC(Cc1cc(F)cc(F)c1)c1nc2cc(-c3ccc(F)cc3F)ccc2c(=O)n1-c1ccc(S(=O)(=O)N2CCOCC2)cc1. The second-order valence-electron chi connectivity index (χ2n) is 10.8. The smallest absolute Gasteiger partial charge is 0.266 e. The van der Waals surface area contributed by atoms with Gasteiger partial charge in [0.15, 0.2) is 0 Å². The van der Waals surface area contributed by atoms with Gasteiger partial charge in [-0.1, -0.05) is 6.07 Å². The molecule has 8 nitrogen and oxygen atoms in total. The Balaban J connectivity index is 1.50. The fourth-order valence-electron chi connectivity index (χ4n) is 5.57. The topological polar surface area (TPSA) is 93.5 Å². The third-order valence-electron chi connectivity index (χ3n) is 7.86. The standard InChI is InChI=1S/C33H28F4N4O4S/c1-38-31(16-20-14-23(35)18-24(36)15-20)32-39-30-17-21(27-9-3-22(34)19-29(27)37)2-8-28(30)33(42)41(32)25-4-6-26(7-5-25)46(43,44)40-10-12-45-13-11-40/h2-9,14-15,17-19,31,38H,10-13,16H2,1H3. The monoisotopic (exact) mass is 652 g/mol. The fourth-order valence-corrected chi connectivity index (χ4v) is 6.98. The van der Waals surface area contributed by atoms with Gasteiger partial charge in [0.1, 0.15) is 29.1 Å². The van der Waals surface area contributed by atoms with Crippen molar-refractivity contribution in [1.82, 2.24) is 19.2 Å². The van der Waals surface area contributed by atoms with E-state index in [4.69, 9.17) is 9.72 Å². The van der Waals surface area contributed by atoms with Crippen molar-refractivity contribution in [3.63, 3.8) is 0 Å². The van der Waals surface area contributed by atoms with Gasteiger partial charge in [-0.15, -0.1) is 0 Å². The lowest BCUT2D eigenvalue weighted by atomic mass is 10.0.